The van der Waals surface area contributed by atoms with E-state index in [1.807, 2.05) is 0 Å². The second kappa shape index (κ2) is 6.78. The molecule has 6 heteroatoms. The van der Waals surface area contributed by atoms with E-state index in [9.17, 15) is 9.18 Å². The van der Waals surface area contributed by atoms with E-state index in [0.717, 1.165) is 36.2 Å². The maximum absolute atomic E-state index is 14.3. The van der Waals surface area contributed by atoms with Gasteiger partial charge in [0.05, 0.1) is 10.6 Å². The molecule has 3 nitrogen and oxygen atoms in total. The number of fused-ring (bicyclic) bond motifs is 3. The fourth-order valence-electron chi connectivity index (χ4n) is 4.18. The van der Waals surface area contributed by atoms with Gasteiger partial charge in [-0.1, -0.05) is 44.9 Å². The summed E-state index contributed by atoms with van der Waals surface area (Å²) in [7, 11) is 0. The molecular weight excluding hydrogens is 383 g/mol. The van der Waals surface area contributed by atoms with Crippen molar-refractivity contribution >= 4 is 33.8 Å². The fourth-order valence-corrected chi connectivity index (χ4v) is 5.81. The highest BCUT2D eigenvalue weighted by atomic mass is 35.5. The Morgan fingerprint density at radius 3 is 2.81 bits per heavy atom. The van der Waals surface area contributed by atoms with Crippen LogP contribution in [0.2, 0.25) is 5.02 Å². The zero-order valence-electron chi connectivity index (χ0n) is 15.8. The van der Waals surface area contributed by atoms with E-state index in [4.69, 9.17) is 11.6 Å². The summed E-state index contributed by atoms with van der Waals surface area (Å²) in [6.45, 7) is 6.90. The Kier molecular flexibility index (Phi) is 4.71. The van der Waals surface area contributed by atoms with Gasteiger partial charge in [-0.3, -0.25) is 4.79 Å². The maximum Gasteiger partial charge on any atom is 0.256 e. The minimum Gasteiger partial charge on any atom is -0.352 e. The number of carbonyl (C=O) groups excluding carboxylic acids is 1. The largest absolute Gasteiger partial charge is 0.352 e. The second-order valence-electron chi connectivity index (χ2n) is 8.18. The fraction of sp³-hybridized carbons (Fsp3) is 0.476. The summed E-state index contributed by atoms with van der Waals surface area (Å²) in [5.41, 5.74) is 2.49. The highest BCUT2D eigenvalue weighted by molar-refractivity contribution is 7.16. The van der Waals surface area contributed by atoms with Gasteiger partial charge in [-0.25, -0.2) is 4.39 Å². The summed E-state index contributed by atoms with van der Waals surface area (Å²) >= 11 is 7.84. The zero-order chi connectivity index (χ0) is 19.3. The molecule has 2 aromatic rings. The third-order valence-corrected chi connectivity index (χ3v) is 7.86. The Bertz CT molecular complexity index is 888. The number of hydrogen-bond donors (Lipinski definition) is 2. The van der Waals surface area contributed by atoms with Gasteiger partial charge in [-0.15, -0.1) is 11.3 Å². The number of halogens is 2. The van der Waals surface area contributed by atoms with Crippen LogP contribution in [0.15, 0.2) is 18.2 Å². The Hall–Kier alpha value is -1.59. The molecule has 1 amide bonds. The van der Waals surface area contributed by atoms with E-state index in [1.54, 1.807) is 23.5 Å². The van der Waals surface area contributed by atoms with Crippen LogP contribution in [0.25, 0.3) is 0 Å². The van der Waals surface area contributed by atoms with Crippen molar-refractivity contribution < 1.29 is 9.18 Å². The summed E-state index contributed by atoms with van der Waals surface area (Å²) in [4.78, 5) is 14.1. The van der Waals surface area contributed by atoms with Gasteiger partial charge in [-0.2, -0.15) is 0 Å². The lowest BCUT2D eigenvalue weighted by atomic mass is 9.69. The van der Waals surface area contributed by atoms with Gasteiger partial charge < -0.3 is 10.6 Å². The summed E-state index contributed by atoms with van der Waals surface area (Å²) in [6.07, 6.45) is 3.53. The molecule has 0 bridgehead atoms. The first-order chi connectivity index (χ1) is 12.8. The van der Waals surface area contributed by atoms with E-state index in [2.05, 4.69) is 31.4 Å². The van der Waals surface area contributed by atoms with Crippen molar-refractivity contribution in [1.29, 1.82) is 0 Å². The number of hydrogen-bond acceptors (Lipinski definition) is 3. The van der Waals surface area contributed by atoms with Crippen molar-refractivity contribution in [3.05, 3.63) is 50.6 Å². The molecule has 144 valence electrons. The SMILES string of the molecule is CCC(C)(C)[C@H]1CCc2c(sc3c2C(=O)N[C@@H](c2c(F)cccc2Cl)N3)C1. The van der Waals surface area contributed by atoms with Gasteiger partial charge in [-0.05, 0) is 48.3 Å². The first-order valence-corrected chi connectivity index (χ1v) is 10.7. The number of anilines is 1. The smallest absolute Gasteiger partial charge is 0.256 e. The van der Waals surface area contributed by atoms with Crippen LogP contribution in [-0.2, 0) is 12.8 Å². The average Bonchev–Trinajstić information content (AvgIpc) is 2.99. The molecule has 0 radical (unpaired) electrons. The van der Waals surface area contributed by atoms with Crippen LogP contribution in [0, 0.1) is 17.2 Å². The summed E-state index contributed by atoms with van der Waals surface area (Å²) < 4.78 is 14.3. The molecule has 1 aliphatic carbocycles. The van der Waals surface area contributed by atoms with Crippen LogP contribution in [0.1, 0.15) is 66.1 Å². The number of rotatable bonds is 3. The first-order valence-electron chi connectivity index (χ1n) is 9.47. The van der Waals surface area contributed by atoms with Gasteiger partial charge >= 0.3 is 0 Å². The van der Waals surface area contributed by atoms with Crippen molar-refractivity contribution in [2.75, 3.05) is 5.32 Å². The predicted molar refractivity (Wildman–Crippen MR) is 109 cm³/mol. The topological polar surface area (TPSA) is 41.1 Å². The molecule has 0 saturated heterocycles. The Morgan fingerprint density at radius 1 is 1.33 bits per heavy atom. The zero-order valence-corrected chi connectivity index (χ0v) is 17.4. The van der Waals surface area contributed by atoms with Crippen molar-refractivity contribution in [2.24, 2.45) is 11.3 Å². The average molecular weight is 407 g/mol. The summed E-state index contributed by atoms with van der Waals surface area (Å²) in [5.74, 6) is 0.0589. The van der Waals surface area contributed by atoms with Crippen LogP contribution in [0.3, 0.4) is 0 Å². The molecule has 2 heterocycles. The predicted octanol–water partition coefficient (Wildman–Crippen LogP) is 5.94. The molecule has 0 saturated carbocycles. The van der Waals surface area contributed by atoms with E-state index >= 15 is 0 Å². The molecule has 2 N–H and O–H groups in total. The van der Waals surface area contributed by atoms with Crippen molar-refractivity contribution in [1.82, 2.24) is 5.32 Å². The lowest BCUT2D eigenvalue weighted by molar-refractivity contribution is 0.0934. The number of carbonyl (C=O) groups is 1. The van der Waals surface area contributed by atoms with Crippen LogP contribution in [0.5, 0.6) is 0 Å². The molecule has 2 atom stereocenters. The molecular formula is C21H24ClFN2OS. The normalized spacial score (nSPS) is 21.9. The minimum atomic E-state index is -0.651. The molecule has 0 unspecified atom stereocenters. The molecule has 2 aliphatic rings. The summed E-state index contributed by atoms with van der Waals surface area (Å²) in [6, 6.07) is 4.57. The molecule has 4 rings (SSSR count). The molecule has 1 aromatic heterocycles. The Morgan fingerprint density at radius 2 is 2.11 bits per heavy atom. The molecule has 1 aliphatic heterocycles. The van der Waals surface area contributed by atoms with E-state index in [0.29, 0.717) is 16.4 Å². The lowest BCUT2D eigenvalue weighted by Crippen LogP contribution is -2.39. The van der Waals surface area contributed by atoms with Gasteiger partial charge in [0.25, 0.3) is 5.91 Å². The standard InChI is InChI=1S/C21H24ClFN2OS/c1-4-21(2,3)11-8-9-12-15(10-11)27-20-16(12)19(26)24-18(25-20)17-13(22)6-5-7-14(17)23/h5-7,11,18,25H,4,8-10H2,1-3H3,(H,24,26)/t11-,18+/m0/s1. The van der Waals surface area contributed by atoms with Crippen molar-refractivity contribution in [2.45, 2.75) is 52.6 Å². The van der Waals surface area contributed by atoms with E-state index in [-0.39, 0.29) is 11.5 Å². The maximum atomic E-state index is 14.3. The summed E-state index contributed by atoms with van der Waals surface area (Å²) in [5, 5.41) is 7.35. The van der Waals surface area contributed by atoms with E-state index < -0.39 is 12.0 Å². The third-order valence-electron chi connectivity index (χ3n) is 6.35. The number of nitrogens with one attached hydrogen (secondary N) is 2. The molecule has 1 aromatic carbocycles. The first kappa shape index (κ1) is 18.8. The highest BCUT2D eigenvalue weighted by Gasteiger charge is 2.38. The van der Waals surface area contributed by atoms with Gasteiger partial charge in [0.15, 0.2) is 0 Å². The molecule has 0 spiro atoms. The lowest BCUT2D eigenvalue weighted by Gasteiger charge is -2.36. The highest BCUT2D eigenvalue weighted by Crippen LogP contribution is 2.47. The molecule has 0 fully saturated rings. The quantitative estimate of drug-likeness (QED) is 0.662. The van der Waals surface area contributed by atoms with Crippen LogP contribution < -0.4 is 10.6 Å². The van der Waals surface area contributed by atoms with Gasteiger partial charge in [0, 0.05) is 10.4 Å². The monoisotopic (exact) mass is 406 g/mol. The minimum absolute atomic E-state index is 0.140. The second-order valence-corrected chi connectivity index (χ2v) is 9.69. The van der Waals surface area contributed by atoms with Crippen LogP contribution in [0.4, 0.5) is 9.39 Å². The Balaban J connectivity index is 1.67. The third kappa shape index (κ3) is 3.15. The van der Waals surface area contributed by atoms with Crippen molar-refractivity contribution in [3.8, 4) is 0 Å². The molecule has 27 heavy (non-hydrogen) atoms. The number of amides is 1. The van der Waals surface area contributed by atoms with Crippen LogP contribution in [-0.4, -0.2) is 5.91 Å². The van der Waals surface area contributed by atoms with Gasteiger partial charge in [0.2, 0.25) is 0 Å². The number of benzene rings is 1. The van der Waals surface area contributed by atoms with E-state index in [1.165, 1.54) is 16.5 Å². The van der Waals surface area contributed by atoms with Crippen molar-refractivity contribution in [3.63, 3.8) is 0 Å². The number of thiophene rings is 1. The van der Waals surface area contributed by atoms with Gasteiger partial charge in [0.1, 0.15) is 17.0 Å². The van der Waals surface area contributed by atoms with Crippen LogP contribution >= 0.6 is 22.9 Å². The Labute approximate surface area is 168 Å².